The van der Waals surface area contributed by atoms with E-state index in [-0.39, 0.29) is 0 Å². The number of hydrogen-bond donors (Lipinski definition) is 0. The van der Waals surface area contributed by atoms with E-state index in [4.69, 9.17) is 0 Å². The van der Waals surface area contributed by atoms with Gasteiger partial charge in [0.05, 0.1) is 0 Å². The Kier molecular flexibility index (Phi) is 5.27. The topological polar surface area (TPSA) is 9.72 Å². The first kappa shape index (κ1) is 15.3. The first-order valence-electron chi connectivity index (χ1n) is 8.15. The fourth-order valence-electron chi connectivity index (χ4n) is 3.93. The second-order valence-corrected chi connectivity index (χ2v) is 7.19. The van der Waals surface area contributed by atoms with Crippen LogP contribution in [0.4, 0.5) is 0 Å². The van der Waals surface area contributed by atoms with E-state index >= 15 is 0 Å². The number of rotatable bonds is 3. The van der Waals surface area contributed by atoms with Crippen molar-refractivity contribution < 1.29 is 0 Å². The van der Waals surface area contributed by atoms with Crippen molar-refractivity contribution in [3.63, 3.8) is 0 Å². The Morgan fingerprint density at radius 1 is 1.00 bits per heavy atom. The summed E-state index contributed by atoms with van der Waals surface area (Å²) >= 11 is 0. The first-order chi connectivity index (χ1) is 8.97. The van der Waals surface area contributed by atoms with Gasteiger partial charge in [0.1, 0.15) is 0 Å². The molecule has 0 saturated carbocycles. The SMILES string of the molecule is CC(C)N1CCC(CN2C(C)CN(C)CC2C)CC1. The standard InChI is InChI=1S/C16H33N3/c1-13(2)18-8-6-16(7-9-18)12-19-14(3)10-17(5)11-15(19)4/h13-16H,6-12H2,1-5H3. The van der Waals surface area contributed by atoms with Gasteiger partial charge in [-0.25, -0.2) is 0 Å². The zero-order valence-electron chi connectivity index (χ0n) is 13.6. The maximum absolute atomic E-state index is 2.76. The molecule has 0 amide bonds. The van der Waals surface area contributed by atoms with Gasteiger partial charge in [0.2, 0.25) is 0 Å². The van der Waals surface area contributed by atoms with Crippen molar-refractivity contribution >= 4 is 0 Å². The molecule has 2 rings (SSSR count). The molecule has 0 aromatic carbocycles. The molecule has 2 saturated heterocycles. The van der Waals surface area contributed by atoms with Gasteiger partial charge in [0.25, 0.3) is 0 Å². The van der Waals surface area contributed by atoms with Crippen molar-refractivity contribution in [2.45, 2.75) is 58.7 Å². The van der Waals surface area contributed by atoms with Crippen LogP contribution in [0.2, 0.25) is 0 Å². The summed E-state index contributed by atoms with van der Waals surface area (Å²) in [6.07, 6.45) is 2.79. The Morgan fingerprint density at radius 2 is 1.53 bits per heavy atom. The van der Waals surface area contributed by atoms with Crippen LogP contribution in [-0.4, -0.2) is 72.6 Å². The highest BCUT2D eigenvalue weighted by Gasteiger charge is 2.30. The highest BCUT2D eigenvalue weighted by atomic mass is 15.3. The number of likely N-dealkylation sites (N-methyl/N-ethyl adjacent to an activating group) is 1. The zero-order valence-corrected chi connectivity index (χ0v) is 13.6. The Morgan fingerprint density at radius 3 is 2.00 bits per heavy atom. The first-order valence-corrected chi connectivity index (χ1v) is 8.15. The molecule has 0 aromatic heterocycles. The number of hydrogen-bond acceptors (Lipinski definition) is 3. The fourth-order valence-corrected chi connectivity index (χ4v) is 3.93. The number of nitrogens with zero attached hydrogens (tertiary/aromatic N) is 3. The van der Waals surface area contributed by atoms with Crippen LogP contribution in [0.3, 0.4) is 0 Å². The Hall–Kier alpha value is -0.120. The summed E-state index contributed by atoms with van der Waals surface area (Å²) in [5.74, 6) is 0.920. The summed E-state index contributed by atoms with van der Waals surface area (Å²) in [6.45, 7) is 15.8. The highest BCUT2D eigenvalue weighted by Crippen LogP contribution is 2.23. The highest BCUT2D eigenvalue weighted by molar-refractivity contribution is 4.86. The molecule has 19 heavy (non-hydrogen) atoms. The van der Waals surface area contributed by atoms with E-state index in [1.165, 1.54) is 45.6 Å². The van der Waals surface area contributed by atoms with Crippen LogP contribution in [0.15, 0.2) is 0 Å². The van der Waals surface area contributed by atoms with Crippen LogP contribution < -0.4 is 0 Å². The van der Waals surface area contributed by atoms with Crippen molar-refractivity contribution in [1.82, 2.24) is 14.7 Å². The largest absolute Gasteiger partial charge is 0.303 e. The molecule has 2 aliphatic heterocycles. The summed E-state index contributed by atoms with van der Waals surface area (Å²) in [7, 11) is 2.26. The van der Waals surface area contributed by atoms with Crippen molar-refractivity contribution in [3.8, 4) is 0 Å². The molecule has 112 valence electrons. The van der Waals surface area contributed by atoms with E-state index < -0.39 is 0 Å². The summed E-state index contributed by atoms with van der Waals surface area (Å²) in [4.78, 5) is 7.87. The Balaban J connectivity index is 1.81. The van der Waals surface area contributed by atoms with Gasteiger partial charge in [0.15, 0.2) is 0 Å². The van der Waals surface area contributed by atoms with Gasteiger partial charge < -0.3 is 9.80 Å². The molecule has 0 spiro atoms. The molecule has 2 aliphatic rings. The third-order valence-corrected chi connectivity index (χ3v) is 5.13. The van der Waals surface area contributed by atoms with Gasteiger partial charge in [-0.1, -0.05) is 0 Å². The quantitative estimate of drug-likeness (QED) is 0.775. The van der Waals surface area contributed by atoms with E-state index in [0.29, 0.717) is 0 Å². The molecule has 2 atom stereocenters. The summed E-state index contributed by atoms with van der Waals surface area (Å²) in [5.41, 5.74) is 0. The van der Waals surface area contributed by atoms with Gasteiger partial charge in [-0.15, -0.1) is 0 Å². The van der Waals surface area contributed by atoms with Crippen LogP contribution in [0.25, 0.3) is 0 Å². The third kappa shape index (κ3) is 3.93. The van der Waals surface area contributed by atoms with Crippen LogP contribution in [-0.2, 0) is 0 Å². The lowest BCUT2D eigenvalue weighted by Gasteiger charge is -2.46. The number of piperidine rings is 1. The van der Waals surface area contributed by atoms with Crippen LogP contribution in [0, 0.1) is 5.92 Å². The molecule has 0 bridgehead atoms. The normalized spacial score (nSPS) is 33.2. The second-order valence-electron chi connectivity index (χ2n) is 7.19. The van der Waals surface area contributed by atoms with Gasteiger partial charge >= 0.3 is 0 Å². The predicted octanol–water partition coefficient (Wildman–Crippen LogP) is 2.13. The molecule has 2 fully saturated rings. The van der Waals surface area contributed by atoms with Crippen molar-refractivity contribution in [2.24, 2.45) is 5.92 Å². The van der Waals surface area contributed by atoms with E-state index in [2.05, 4.69) is 49.4 Å². The lowest BCUT2D eigenvalue weighted by Crippen LogP contribution is -2.57. The molecular weight excluding hydrogens is 234 g/mol. The predicted molar refractivity (Wildman–Crippen MR) is 82.6 cm³/mol. The molecule has 0 aromatic rings. The van der Waals surface area contributed by atoms with Crippen LogP contribution in [0.1, 0.15) is 40.5 Å². The van der Waals surface area contributed by atoms with Crippen molar-refractivity contribution in [2.75, 3.05) is 39.8 Å². The second kappa shape index (κ2) is 6.55. The number of piperazine rings is 1. The molecule has 2 unspecified atom stereocenters. The molecule has 0 radical (unpaired) electrons. The molecule has 2 heterocycles. The monoisotopic (exact) mass is 267 g/mol. The zero-order chi connectivity index (χ0) is 14.0. The van der Waals surface area contributed by atoms with Crippen LogP contribution >= 0.6 is 0 Å². The van der Waals surface area contributed by atoms with Crippen molar-refractivity contribution in [3.05, 3.63) is 0 Å². The smallest absolute Gasteiger partial charge is 0.0198 e. The van der Waals surface area contributed by atoms with E-state index in [1.807, 2.05) is 0 Å². The Labute approximate surface area is 119 Å². The maximum Gasteiger partial charge on any atom is 0.0198 e. The average Bonchev–Trinajstić information content (AvgIpc) is 2.34. The van der Waals surface area contributed by atoms with Crippen LogP contribution in [0.5, 0.6) is 0 Å². The van der Waals surface area contributed by atoms with Gasteiger partial charge in [-0.05, 0) is 66.6 Å². The molecular formula is C16H33N3. The fraction of sp³-hybridized carbons (Fsp3) is 1.00. The van der Waals surface area contributed by atoms with Gasteiger partial charge in [-0.2, -0.15) is 0 Å². The third-order valence-electron chi connectivity index (χ3n) is 5.13. The molecule has 0 aliphatic carbocycles. The number of likely N-dealkylation sites (tertiary alicyclic amines) is 1. The minimum absolute atomic E-state index is 0.719. The average molecular weight is 267 g/mol. The Bertz CT molecular complexity index is 259. The molecule has 3 nitrogen and oxygen atoms in total. The van der Waals surface area contributed by atoms with Crippen molar-refractivity contribution in [1.29, 1.82) is 0 Å². The minimum atomic E-state index is 0.719. The van der Waals surface area contributed by atoms with E-state index in [9.17, 15) is 0 Å². The molecule has 3 heteroatoms. The van der Waals surface area contributed by atoms with E-state index in [1.54, 1.807) is 0 Å². The lowest BCUT2D eigenvalue weighted by molar-refractivity contribution is 0.0262. The summed E-state index contributed by atoms with van der Waals surface area (Å²) < 4.78 is 0. The molecule has 0 N–H and O–H groups in total. The van der Waals surface area contributed by atoms with Gasteiger partial charge in [-0.3, -0.25) is 4.90 Å². The van der Waals surface area contributed by atoms with Gasteiger partial charge in [0, 0.05) is 37.8 Å². The lowest BCUT2D eigenvalue weighted by atomic mass is 9.93. The minimum Gasteiger partial charge on any atom is -0.303 e. The summed E-state index contributed by atoms with van der Waals surface area (Å²) in [6, 6.07) is 2.16. The maximum atomic E-state index is 2.76. The summed E-state index contributed by atoms with van der Waals surface area (Å²) in [5, 5.41) is 0. The van der Waals surface area contributed by atoms with E-state index in [0.717, 1.165) is 24.0 Å².